The lowest BCUT2D eigenvalue weighted by Crippen LogP contribution is -2.59. The highest BCUT2D eigenvalue weighted by Crippen LogP contribution is 2.69. The Morgan fingerprint density at radius 3 is 1.85 bits per heavy atom. The zero-order chi connectivity index (χ0) is 15.6. The molecule has 20 heavy (non-hydrogen) atoms. The van der Waals surface area contributed by atoms with E-state index in [1.807, 2.05) is 0 Å². The van der Waals surface area contributed by atoms with Gasteiger partial charge in [0.05, 0.1) is 12.4 Å². The SMILES string of the molecule is C[Si](C)(C)C1([Si](C)(C)C)C[C@H]2C[C@@H](OS(C)(=O)=O)[C@@H]1C2. The van der Waals surface area contributed by atoms with Crippen molar-refractivity contribution in [2.45, 2.75) is 69.3 Å². The van der Waals surface area contributed by atoms with Crippen LogP contribution in [0, 0.1) is 11.8 Å². The van der Waals surface area contributed by atoms with E-state index in [2.05, 4.69) is 39.3 Å². The lowest BCUT2D eigenvalue weighted by molar-refractivity contribution is 0.133. The van der Waals surface area contributed by atoms with Crippen LogP contribution in [0.3, 0.4) is 0 Å². The van der Waals surface area contributed by atoms with Gasteiger partial charge >= 0.3 is 0 Å². The van der Waals surface area contributed by atoms with Gasteiger partial charge in [0, 0.05) is 16.1 Å². The van der Waals surface area contributed by atoms with Crippen LogP contribution in [0.15, 0.2) is 0 Å². The van der Waals surface area contributed by atoms with Crippen LogP contribution in [0.1, 0.15) is 19.3 Å². The van der Waals surface area contributed by atoms with Gasteiger partial charge in [-0.25, -0.2) is 0 Å². The molecule has 0 aromatic carbocycles. The van der Waals surface area contributed by atoms with E-state index >= 15 is 0 Å². The third-order valence-electron chi connectivity index (χ3n) is 5.82. The van der Waals surface area contributed by atoms with Gasteiger partial charge in [0.15, 0.2) is 0 Å². The van der Waals surface area contributed by atoms with Crippen molar-refractivity contribution >= 4 is 26.3 Å². The highest BCUT2D eigenvalue weighted by molar-refractivity contribution is 7.86. The Hall–Kier alpha value is 0.344. The van der Waals surface area contributed by atoms with Gasteiger partial charge in [-0.3, -0.25) is 4.18 Å². The largest absolute Gasteiger partial charge is 0.267 e. The first-order valence-corrected chi connectivity index (χ1v) is 16.5. The van der Waals surface area contributed by atoms with E-state index in [-0.39, 0.29) is 6.10 Å². The van der Waals surface area contributed by atoms with E-state index in [4.69, 9.17) is 4.18 Å². The van der Waals surface area contributed by atoms with Gasteiger partial charge in [0.25, 0.3) is 10.1 Å². The molecule has 0 aliphatic heterocycles. The molecule has 118 valence electrons. The maximum atomic E-state index is 11.6. The topological polar surface area (TPSA) is 43.4 Å². The van der Waals surface area contributed by atoms with Crippen LogP contribution in [0.25, 0.3) is 0 Å². The summed E-state index contributed by atoms with van der Waals surface area (Å²) in [6, 6.07) is 0. The molecule has 2 bridgehead atoms. The molecule has 0 aromatic rings. The second-order valence-electron chi connectivity index (χ2n) is 8.96. The average Bonchev–Trinajstić information content (AvgIpc) is 2.68. The molecule has 2 aliphatic carbocycles. The molecule has 0 N–H and O–H groups in total. The van der Waals surface area contributed by atoms with E-state index in [1.54, 1.807) is 0 Å². The minimum Gasteiger partial charge on any atom is -0.267 e. The van der Waals surface area contributed by atoms with Crippen molar-refractivity contribution in [3.05, 3.63) is 0 Å². The van der Waals surface area contributed by atoms with Crippen molar-refractivity contribution in [3.63, 3.8) is 0 Å². The first-order valence-electron chi connectivity index (χ1n) is 7.66. The van der Waals surface area contributed by atoms with Crippen LogP contribution in [0.2, 0.25) is 43.9 Å². The molecule has 2 saturated carbocycles. The summed E-state index contributed by atoms with van der Waals surface area (Å²) in [5.74, 6) is 1.16. The fourth-order valence-electron chi connectivity index (χ4n) is 5.57. The Balaban J connectivity index is 2.42. The summed E-state index contributed by atoms with van der Waals surface area (Å²) >= 11 is 0. The Morgan fingerprint density at radius 1 is 1.00 bits per heavy atom. The normalized spacial score (nSPS) is 33.6. The van der Waals surface area contributed by atoms with Gasteiger partial charge < -0.3 is 0 Å². The molecule has 2 fully saturated rings. The molecule has 0 aromatic heterocycles. The summed E-state index contributed by atoms with van der Waals surface area (Å²) in [6.07, 6.45) is 4.61. The molecule has 6 heteroatoms. The molecule has 3 nitrogen and oxygen atoms in total. The van der Waals surface area contributed by atoms with Crippen molar-refractivity contribution < 1.29 is 12.6 Å². The van der Waals surface area contributed by atoms with E-state index in [0.29, 0.717) is 16.5 Å². The Kier molecular flexibility index (Phi) is 3.90. The van der Waals surface area contributed by atoms with E-state index < -0.39 is 26.3 Å². The molecule has 0 amide bonds. The average molecular weight is 335 g/mol. The molecule has 0 unspecified atom stereocenters. The molecule has 2 aliphatic rings. The summed E-state index contributed by atoms with van der Waals surface area (Å²) in [5, 5.41) is 0. The van der Waals surface area contributed by atoms with Crippen molar-refractivity contribution in [1.82, 2.24) is 0 Å². The van der Waals surface area contributed by atoms with Gasteiger partial charge in [-0.05, 0) is 35.8 Å². The Morgan fingerprint density at radius 2 is 1.50 bits per heavy atom. The predicted molar refractivity (Wildman–Crippen MR) is 89.9 cm³/mol. The van der Waals surface area contributed by atoms with E-state index in [1.165, 1.54) is 19.1 Å². The summed E-state index contributed by atoms with van der Waals surface area (Å²) in [6.45, 7) is 14.9. The smallest absolute Gasteiger partial charge is 0.264 e. The van der Waals surface area contributed by atoms with Gasteiger partial charge in [0.1, 0.15) is 0 Å². The van der Waals surface area contributed by atoms with Gasteiger partial charge in [-0.2, -0.15) is 8.42 Å². The molecule has 0 radical (unpaired) electrons. The van der Waals surface area contributed by atoms with E-state index in [9.17, 15) is 8.42 Å². The van der Waals surface area contributed by atoms with Crippen LogP contribution < -0.4 is 0 Å². The van der Waals surface area contributed by atoms with E-state index in [0.717, 1.165) is 6.42 Å². The van der Waals surface area contributed by atoms with Crippen molar-refractivity contribution in [1.29, 1.82) is 0 Å². The maximum Gasteiger partial charge on any atom is 0.264 e. The summed E-state index contributed by atoms with van der Waals surface area (Å²) in [4.78, 5) is 0. The fourth-order valence-corrected chi connectivity index (χ4v) is 19.9. The summed E-state index contributed by atoms with van der Waals surface area (Å²) in [7, 11) is -6.13. The third-order valence-corrected chi connectivity index (χ3v) is 17.4. The summed E-state index contributed by atoms with van der Waals surface area (Å²) < 4.78 is 29.1. The standard InChI is InChI=1S/C14H30O3SSi2/c1-18(15,16)17-13-9-11-8-12(13)14(10-11,19(2,3)4)20(5,6)7/h11-13H,8-10H2,1-7H3/t11-,12+,13-/m1/s1. The van der Waals surface area contributed by atoms with Gasteiger partial charge in [0.2, 0.25) is 0 Å². The van der Waals surface area contributed by atoms with Gasteiger partial charge in [-0.15, -0.1) is 0 Å². The quantitative estimate of drug-likeness (QED) is 0.581. The van der Waals surface area contributed by atoms with Crippen LogP contribution in [0.5, 0.6) is 0 Å². The predicted octanol–water partition coefficient (Wildman–Crippen LogP) is 3.72. The lowest BCUT2D eigenvalue weighted by Gasteiger charge is -2.56. The molecular formula is C14H30O3SSi2. The highest BCUT2D eigenvalue weighted by Gasteiger charge is 2.66. The maximum absolute atomic E-state index is 11.6. The summed E-state index contributed by atoms with van der Waals surface area (Å²) in [5.41, 5.74) is 0. The van der Waals surface area contributed by atoms with Gasteiger partial charge in [-0.1, -0.05) is 39.3 Å². The van der Waals surface area contributed by atoms with Crippen LogP contribution in [-0.2, 0) is 14.3 Å². The van der Waals surface area contributed by atoms with Crippen molar-refractivity contribution in [3.8, 4) is 0 Å². The van der Waals surface area contributed by atoms with Crippen molar-refractivity contribution in [2.24, 2.45) is 11.8 Å². The number of hydrogen-bond acceptors (Lipinski definition) is 3. The second-order valence-corrected chi connectivity index (χ2v) is 21.8. The Labute approximate surface area is 126 Å². The van der Waals surface area contributed by atoms with Crippen molar-refractivity contribution in [2.75, 3.05) is 6.26 Å². The molecule has 0 saturated heterocycles. The number of rotatable bonds is 4. The monoisotopic (exact) mass is 334 g/mol. The zero-order valence-electron chi connectivity index (χ0n) is 14.0. The van der Waals surface area contributed by atoms with Crippen LogP contribution in [0.4, 0.5) is 0 Å². The molecule has 3 atom stereocenters. The lowest BCUT2D eigenvalue weighted by atomic mass is 9.96. The number of fused-ring (bicyclic) bond motifs is 2. The molecular weight excluding hydrogens is 304 g/mol. The first-order chi connectivity index (χ1) is 8.78. The molecule has 0 heterocycles. The molecule has 2 rings (SSSR count). The first kappa shape index (κ1) is 16.7. The second kappa shape index (κ2) is 4.67. The Bertz CT molecular complexity index is 474. The van der Waals surface area contributed by atoms with Crippen LogP contribution in [-0.4, -0.2) is 36.9 Å². The minimum absolute atomic E-state index is 0.0535. The highest BCUT2D eigenvalue weighted by atomic mass is 32.2. The zero-order valence-corrected chi connectivity index (χ0v) is 16.8. The molecule has 0 spiro atoms. The van der Waals surface area contributed by atoms with Crippen LogP contribution >= 0.6 is 0 Å². The number of hydrogen-bond donors (Lipinski definition) is 0. The third kappa shape index (κ3) is 2.57. The fraction of sp³-hybridized carbons (Fsp3) is 1.00. The minimum atomic E-state index is -3.34.